The van der Waals surface area contributed by atoms with Gasteiger partial charge in [-0.25, -0.2) is 0 Å². The van der Waals surface area contributed by atoms with E-state index in [9.17, 15) is 0 Å². The summed E-state index contributed by atoms with van der Waals surface area (Å²) in [6, 6.07) is 0.598. The second-order valence-electron chi connectivity index (χ2n) is 6.69. The van der Waals surface area contributed by atoms with Crippen LogP contribution in [0.2, 0.25) is 0 Å². The molecule has 3 heterocycles. The fourth-order valence-corrected chi connectivity index (χ4v) is 4.13. The molecule has 0 aromatic carbocycles. The fraction of sp³-hybridized carbons (Fsp3) is 1.00. The smallest absolute Gasteiger partial charge is 0.0939 e. The molecule has 1 spiro atoms. The number of hydrogen-bond donors (Lipinski definition) is 1. The maximum atomic E-state index is 6.05. The molecule has 3 saturated heterocycles. The van der Waals surface area contributed by atoms with Crippen molar-refractivity contribution in [3.8, 4) is 0 Å². The van der Waals surface area contributed by atoms with E-state index in [1.165, 1.54) is 32.1 Å². The van der Waals surface area contributed by atoms with Gasteiger partial charge in [0.25, 0.3) is 0 Å². The zero-order valence-corrected chi connectivity index (χ0v) is 12.7. The summed E-state index contributed by atoms with van der Waals surface area (Å²) in [4.78, 5) is 0. The van der Waals surface area contributed by atoms with Gasteiger partial charge in [0.05, 0.1) is 18.3 Å². The molecular weight excluding hydrogens is 254 g/mol. The topological polar surface area (TPSA) is 39.7 Å². The first-order chi connectivity index (χ1) is 9.81. The zero-order valence-electron chi connectivity index (χ0n) is 12.7. The van der Waals surface area contributed by atoms with Gasteiger partial charge in [0.15, 0.2) is 0 Å². The average molecular weight is 283 g/mol. The standard InChI is InChI=1S/C16H29NO3/c1-17-15(5-4-14-3-2-8-19-14)13-6-9-20-16(11-13)7-10-18-12-16/h13-15,17H,2-12H2,1H3. The van der Waals surface area contributed by atoms with Crippen molar-refractivity contribution in [3.63, 3.8) is 0 Å². The van der Waals surface area contributed by atoms with Crippen LogP contribution in [-0.2, 0) is 14.2 Å². The van der Waals surface area contributed by atoms with Gasteiger partial charge in [-0.3, -0.25) is 0 Å². The first kappa shape index (κ1) is 14.8. The van der Waals surface area contributed by atoms with Crippen molar-refractivity contribution >= 4 is 0 Å². The Morgan fingerprint density at radius 2 is 2.20 bits per heavy atom. The van der Waals surface area contributed by atoms with Gasteiger partial charge in [-0.1, -0.05) is 0 Å². The molecule has 4 atom stereocenters. The van der Waals surface area contributed by atoms with Crippen LogP contribution in [-0.4, -0.2) is 51.2 Å². The highest BCUT2D eigenvalue weighted by molar-refractivity contribution is 4.93. The van der Waals surface area contributed by atoms with Gasteiger partial charge in [0.1, 0.15) is 0 Å². The van der Waals surface area contributed by atoms with Crippen LogP contribution in [0.15, 0.2) is 0 Å². The van der Waals surface area contributed by atoms with E-state index in [4.69, 9.17) is 14.2 Å². The van der Waals surface area contributed by atoms with Crippen molar-refractivity contribution in [2.24, 2.45) is 5.92 Å². The molecule has 0 bridgehead atoms. The van der Waals surface area contributed by atoms with Crippen molar-refractivity contribution in [1.82, 2.24) is 5.32 Å². The van der Waals surface area contributed by atoms with Crippen molar-refractivity contribution < 1.29 is 14.2 Å². The minimum Gasteiger partial charge on any atom is -0.378 e. The Morgan fingerprint density at radius 3 is 2.90 bits per heavy atom. The van der Waals surface area contributed by atoms with Gasteiger partial charge in [-0.15, -0.1) is 0 Å². The second-order valence-corrected chi connectivity index (χ2v) is 6.69. The average Bonchev–Trinajstić information content (AvgIpc) is 3.12. The quantitative estimate of drug-likeness (QED) is 0.839. The molecular formula is C16H29NO3. The van der Waals surface area contributed by atoms with Crippen molar-refractivity contribution in [3.05, 3.63) is 0 Å². The molecule has 3 fully saturated rings. The molecule has 4 nitrogen and oxygen atoms in total. The summed E-state index contributed by atoms with van der Waals surface area (Å²) < 4.78 is 17.4. The Hall–Kier alpha value is -0.160. The van der Waals surface area contributed by atoms with Gasteiger partial charge in [-0.2, -0.15) is 0 Å². The Balaban J connectivity index is 1.51. The Labute approximate surface area is 122 Å². The number of ether oxygens (including phenoxy) is 3. The van der Waals surface area contributed by atoms with Crippen LogP contribution >= 0.6 is 0 Å². The third-order valence-corrected chi connectivity index (χ3v) is 5.36. The number of rotatable bonds is 5. The monoisotopic (exact) mass is 283 g/mol. The Bertz CT molecular complexity index is 298. The summed E-state index contributed by atoms with van der Waals surface area (Å²) in [7, 11) is 2.10. The summed E-state index contributed by atoms with van der Waals surface area (Å²) in [5.41, 5.74) is 0.0296. The van der Waals surface area contributed by atoms with E-state index in [0.717, 1.165) is 45.2 Å². The van der Waals surface area contributed by atoms with Crippen molar-refractivity contribution in [2.45, 2.75) is 62.7 Å². The van der Waals surface area contributed by atoms with Gasteiger partial charge in [0, 0.05) is 32.3 Å². The molecule has 0 amide bonds. The molecule has 4 heteroatoms. The normalized spacial score (nSPS) is 39.5. The van der Waals surface area contributed by atoms with E-state index in [1.807, 2.05) is 0 Å². The van der Waals surface area contributed by atoms with E-state index in [1.54, 1.807) is 0 Å². The lowest BCUT2D eigenvalue weighted by molar-refractivity contribution is -0.103. The van der Waals surface area contributed by atoms with E-state index < -0.39 is 0 Å². The highest BCUT2D eigenvalue weighted by atomic mass is 16.6. The van der Waals surface area contributed by atoms with E-state index in [0.29, 0.717) is 12.1 Å². The van der Waals surface area contributed by atoms with Crippen molar-refractivity contribution in [1.29, 1.82) is 0 Å². The van der Waals surface area contributed by atoms with Gasteiger partial charge < -0.3 is 19.5 Å². The summed E-state index contributed by atoms with van der Waals surface area (Å²) >= 11 is 0. The van der Waals surface area contributed by atoms with Crippen LogP contribution in [0.25, 0.3) is 0 Å². The minimum absolute atomic E-state index is 0.0296. The van der Waals surface area contributed by atoms with Crippen LogP contribution in [0.5, 0.6) is 0 Å². The summed E-state index contributed by atoms with van der Waals surface area (Å²) in [5.74, 6) is 0.719. The predicted molar refractivity (Wildman–Crippen MR) is 77.9 cm³/mol. The molecule has 0 aromatic rings. The van der Waals surface area contributed by atoms with Crippen LogP contribution in [0.1, 0.15) is 44.9 Å². The highest BCUT2D eigenvalue weighted by Crippen LogP contribution is 2.38. The summed E-state index contributed by atoms with van der Waals surface area (Å²) in [5, 5.41) is 3.55. The van der Waals surface area contributed by atoms with Gasteiger partial charge in [-0.05, 0) is 51.5 Å². The Kier molecular flexibility index (Phi) is 4.97. The highest BCUT2D eigenvalue weighted by Gasteiger charge is 2.42. The van der Waals surface area contributed by atoms with Gasteiger partial charge >= 0.3 is 0 Å². The lowest BCUT2D eigenvalue weighted by Crippen LogP contribution is -2.46. The van der Waals surface area contributed by atoms with E-state index in [-0.39, 0.29) is 5.60 Å². The molecule has 3 aliphatic rings. The van der Waals surface area contributed by atoms with Gasteiger partial charge in [0.2, 0.25) is 0 Å². The molecule has 1 N–H and O–H groups in total. The van der Waals surface area contributed by atoms with Crippen LogP contribution in [0.4, 0.5) is 0 Å². The van der Waals surface area contributed by atoms with Crippen LogP contribution < -0.4 is 5.32 Å². The molecule has 20 heavy (non-hydrogen) atoms. The fourth-order valence-electron chi connectivity index (χ4n) is 4.13. The molecule has 116 valence electrons. The SMILES string of the molecule is CNC(CCC1CCCO1)C1CCOC2(CCOC2)C1. The lowest BCUT2D eigenvalue weighted by atomic mass is 9.79. The Morgan fingerprint density at radius 1 is 1.25 bits per heavy atom. The third kappa shape index (κ3) is 3.35. The van der Waals surface area contributed by atoms with E-state index >= 15 is 0 Å². The molecule has 0 aromatic heterocycles. The molecule has 0 saturated carbocycles. The molecule has 3 rings (SSSR count). The van der Waals surface area contributed by atoms with Crippen LogP contribution in [0, 0.1) is 5.92 Å². The number of hydrogen-bond acceptors (Lipinski definition) is 4. The maximum Gasteiger partial charge on any atom is 0.0939 e. The summed E-state index contributed by atoms with van der Waals surface area (Å²) in [6.07, 6.45) is 8.84. The zero-order chi connectivity index (χ0) is 13.8. The maximum absolute atomic E-state index is 6.05. The second kappa shape index (κ2) is 6.73. The molecule has 0 radical (unpaired) electrons. The summed E-state index contributed by atoms with van der Waals surface area (Å²) in [6.45, 7) is 3.53. The molecule has 0 aliphatic carbocycles. The largest absolute Gasteiger partial charge is 0.378 e. The minimum atomic E-state index is 0.0296. The van der Waals surface area contributed by atoms with Crippen molar-refractivity contribution in [2.75, 3.05) is 33.5 Å². The molecule has 4 unspecified atom stereocenters. The lowest BCUT2D eigenvalue weighted by Gasteiger charge is -2.40. The third-order valence-electron chi connectivity index (χ3n) is 5.36. The first-order valence-electron chi connectivity index (χ1n) is 8.32. The van der Waals surface area contributed by atoms with E-state index in [2.05, 4.69) is 12.4 Å². The molecule has 3 aliphatic heterocycles. The van der Waals surface area contributed by atoms with Crippen LogP contribution in [0.3, 0.4) is 0 Å². The predicted octanol–water partition coefficient (Wildman–Crippen LogP) is 2.12. The first-order valence-corrected chi connectivity index (χ1v) is 8.32. The number of nitrogens with one attached hydrogen (secondary N) is 1.